The maximum absolute atomic E-state index is 12.5. The molecule has 0 aliphatic carbocycles. The number of hydrogen-bond acceptors (Lipinski definition) is 5. The molecule has 6 heteroatoms. The van der Waals surface area contributed by atoms with Crippen molar-refractivity contribution in [1.29, 1.82) is 0 Å². The largest absolute Gasteiger partial charge is 0.411 e. The lowest BCUT2D eigenvalue weighted by Crippen LogP contribution is -2.05. The lowest BCUT2D eigenvalue weighted by Gasteiger charge is -2.05. The summed E-state index contributed by atoms with van der Waals surface area (Å²) < 4.78 is 7.81. The molecule has 0 spiro atoms. The molecule has 0 amide bonds. The van der Waals surface area contributed by atoms with Crippen LogP contribution in [0.3, 0.4) is 0 Å². The van der Waals surface area contributed by atoms with E-state index in [9.17, 15) is 4.79 Å². The van der Waals surface area contributed by atoms with E-state index in [1.807, 2.05) is 51.1 Å². The van der Waals surface area contributed by atoms with Crippen LogP contribution >= 0.6 is 11.8 Å². The Hall–Kier alpha value is -2.34. The third kappa shape index (κ3) is 3.69. The molecule has 0 aliphatic rings. The number of carbonyl (C=O) groups is 1. The Morgan fingerprint density at radius 2 is 2.00 bits per heavy atom. The van der Waals surface area contributed by atoms with Crippen molar-refractivity contribution in [3.63, 3.8) is 0 Å². The minimum atomic E-state index is 0.0769. The highest BCUT2D eigenvalue weighted by Crippen LogP contribution is 2.25. The second-order valence-electron chi connectivity index (χ2n) is 5.98. The number of aryl methyl sites for hydroxylation is 2. The quantitative estimate of drug-likeness (QED) is 0.483. The molecule has 1 aromatic carbocycles. The number of nitrogens with zero attached hydrogens (tertiary/aromatic N) is 3. The molecule has 0 N–H and O–H groups in total. The summed E-state index contributed by atoms with van der Waals surface area (Å²) >= 11 is 1.28. The van der Waals surface area contributed by atoms with Gasteiger partial charge in [0.25, 0.3) is 5.22 Å². The SMILES string of the molecule is CCn1c(C)cc(C(=O)CSc2nnc(-c3cccc(C)c3)o2)c1C. The number of Topliss-reactive ketones (excluding diaryl/α,β-unsaturated/α-hetero) is 1. The van der Waals surface area contributed by atoms with Gasteiger partial charge in [-0.15, -0.1) is 10.2 Å². The number of hydrogen-bond donors (Lipinski definition) is 0. The number of ketones is 1. The first kappa shape index (κ1) is 17.5. The number of carbonyl (C=O) groups excluding carboxylic acids is 1. The molecule has 0 unspecified atom stereocenters. The average Bonchev–Trinajstić information content (AvgIpc) is 3.17. The highest BCUT2D eigenvalue weighted by molar-refractivity contribution is 7.99. The summed E-state index contributed by atoms with van der Waals surface area (Å²) in [4.78, 5) is 12.5. The molecule has 5 nitrogen and oxygen atoms in total. The van der Waals surface area contributed by atoms with E-state index in [4.69, 9.17) is 4.42 Å². The van der Waals surface area contributed by atoms with Gasteiger partial charge in [0.2, 0.25) is 5.89 Å². The van der Waals surface area contributed by atoms with E-state index in [1.54, 1.807) is 0 Å². The van der Waals surface area contributed by atoms with Crippen molar-refractivity contribution in [3.05, 3.63) is 52.8 Å². The Labute approximate surface area is 151 Å². The minimum absolute atomic E-state index is 0.0769. The Balaban J connectivity index is 1.69. The average molecular weight is 355 g/mol. The molecule has 0 aliphatic heterocycles. The van der Waals surface area contributed by atoms with Crippen molar-refractivity contribution in [1.82, 2.24) is 14.8 Å². The zero-order valence-electron chi connectivity index (χ0n) is 14.9. The van der Waals surface area contributed by atoms with Gasteiger partial charge in [-0.05, 0) is 45.9 Å². The Morgan fingerprint density at radius 3 is 2.68 bits per heavy atom. The molecule has 0 saturated heterocycles. The van der Waals surface area contributed by atoms with Crippen molar-refractivity contribution >= 4 is 17.5 Å². The van der Waals surface area contributed by atoms with Crippen LogP contribution in [0, 0.1) is 20.8 Å². The van der Waals surface area contributed by atoms with E-state index in [1.165, 1.54) is 11.8 Å². The Morgan fingerprint density at radius 1 is 1.20 bits per heavy atom. The fourth-order valence-corrected chi connectivity index (χ4v) is 3.58. The molecule has 0 bridgehead atoms. The second kappa shape index (κ2) is 7.27. The maximum atomic E-state index is 12.5. The highest BCUT2D eigenvalue weighted by Gasteiger charge is 2.17. The number of aromatic nitrogens is 3. The summed E-state index contributed by atoms with van der Waals surface area (Å²) in [7, 11) is 0. The summed E-state index contributed by atoms with van der Waals surface area (Å²) in [6.07, 6.45) is 0. The van der Waals surface area contributed by atoms with Gasteiger partial charge in [0.05, 0.1) is 5.75 Å². The van der Waals surface area contributed by atoms with E-state index < -0.39 is 0 Å². The highest BCUT2D eigenvalue weighted by atomic mass is 32.2. The summed E-state index contributed by atoms with van der Waals surface area (Å²) in [5, 5.41) is 8.52. The molecule has 3 aromatic rings. The molecule has 2 aromatic heterocycles. The van der Waals surface area contributed by atoms with Gasteiger partial charge < -0.3 is 8.98 Å². The van der Waals surface area contributed by atoms with Crippen LogP contribution in [0.4, 0.5) is 0 Å². The van der Waals surface area contributed by atoms with Crippen LogP contribution in [0.25, 0.3) is 11.5 Å². The number of benzene rings is 1. The lowest BCUT2D eigenvalue weighted by atomic mass is 10.1. The molecule has 0 atom stereocenters. The number of rotatable bonds is 6. The summed E-state index contributed by atoms with van der Waals surface area (Å²) in [5.41, 5.74) is 4.90. The van der Waals surface area contributed by atoms with Gasteiger partial charge in [0.1, 0.15) is 0 Å². The normalized spacial score (nSPS) is 11.0. The maximum Gasteiger partial charge on any atom is 0.277 e. The zero-order valence-corrected chi connectivity index (χ0v) is 15.7. The fourth-order valence-electron chi connectivity index (χ4n) is 2.94. The van der Waals surface area contributed by atoms with E-state index in [0.717, 1.165) is 34.6 Å². The Kier molecular flexibility index (Phi) is 5.08. The predicted molar refractivity (Wildman–Crippen MR) is 99.1 cm³/mol. The van der Waals surface area contributed by atoms with E-state index in [0.29, 0.717) is 11.1 Å². The Bertz CT molecular complexity index is 911. The third-order valence-electron chi connectivity index (χ3n) is 4.19. The van der Waals surface area contributed by atoms with Crippen LogP contribution in [-0.4, -0.2) is 26.3 Å². The van der Waals surface area contributed by atoms with Crippen molar-refractivity contribution < 1.29 is 9.21 Å². The summed E-state index contributed by atoms with van der Waals surface area (Å²) in [5.74, 6) is 0.833. The van der Waals surface area contributed by atoms with Gasteiger partial charge in [-0.2, -0.15) is 0 Å². The van der Waals surface area contributed by atoms with Crippen molar-refractivity contribution in [2.45, 2.75) is 39.5 Å². The fraction of sp³-hybridized carbons (Fsp3) is 0.316. The molecule has 3 rings (SSSR count). The predicted octanol–water partition coefficient (Wildman–Crippen LogP) is 4.46. The van der Waals surface area contributed by atoms with Gasteiger partial charge in [-0.1, -0.05) is 29.5 Å². The molecular formula is C19H21N3O2S. The minimum Gasteiger partial charge on any atom is -0.411 e. The molecule has 130 valence electrons. The van der Waals surface area contributed by atoms with Gasteiger partial charge in [-0.25, -0.2) is 0 Å². The van der Waals surface area contributed by atoms with Crippen LogP contribution in [-0.2, 0) is 6.54 Å². The zero-order chi connectivity index (χ0) is 18.0. The van der Waals surface area contributed by atoms with Gasteiger partial charge in [-0.3, -0.25) is 4.79 Å². The first-order valence-electron chi connectivity index (χ1n) is 8.23. The van der Waals surface area contributed by atoms with Crippen LogP contribution < -0.4 is 0 Å². The van der Waals surface area contributed by atoms with Crippen LogP contribution in [0.2, 0.25) is 0 Å². The number of thioether (sulfide) groups is 1. The van der Waals surface area contributed by atoms with Crippen LogP contribution in [0.15, 0.2) is 40.0 Å². The molecule has 0 saturated carbocycles. The first-order valence-corrected chi connectivity index (χ1v) is 9.21. The molecule has 25 heavy (non-hydrogen) atoms. The van der Waals surface area contributed by atoms with Crippen LogP contribution in [0.1, 0.15) is 34.2 Å². The van der Waals surface area contributed by atoms with Crippen molar-refractivity contribution in [2.75, 3.05) is 5.75 Å². The van der Waals surface area contributed by atoms with Crippen LogP contribution in [0.5, 0.6) is 0 Å². The van der Waals surface area contributed by atoms with Gasteiger partial charge in [0.15, 0.2) is 5.78 Å². The smallest absolute Gasteiger partial charge is 0.277 e. The first-order chi connectivity index (χ1) is 12.0. The summed E-state index contributed by atoms with van der Waals surface area (Å²) in [6, 6.07) is 9.84. The van der Waals surface area contributed by atoms with Crippen molar-refractivity contribution in [2.24, 2.45) is 0 Å². The van der Waals surface area contributed by atoms with Crippen molar-refractivity contribution in [3.8, 4) is 11.5 Å². The molecular weight excluding hydrogens is 334 g/mol. The standard InChI is InChI=1S/C19H21N3O2S/c1-5-22-13(3)10-16(14(22)4)17(23)11-25-19-21-20-18(24-19)15-8-6-7-12(2)9-15/h6-10H,5,11H2,1-4H3. The van der Waals surface area contributed by atoms with Gasteiger partial charge >= 0.3 is 0 Å². The summed E-state index contributed by atoms with van der Waals surface area (Å²) in [6.45, 7) is 8.96. The second-order valence-corrected chi connectivity index (χ2v) is 6.91. The van der Waals surface area contributed by atoms with E-state index >= 15 is 0 Å². The monoisotopic (exact) mass is 355 g/mol. The molecule has 0 fully saturated rings. The molecule has 2 heterocycles. The van der Waals surface area contributed by atoms with Gasteiger partial charge in [0, 0.05) is 29.1 Å². The molecule has 0 radical (unpaired) electrons. The van der Waals surface area contributed by atoms with E-state index in [2.05, 4.69) is 21.7 Å². The van der Waals surface area contributed by atoms with E-state index in [-0.39, 0.29) is 11.5 Å². The topological polar surface area (TPSA) is 60.9 Å². The third-order valence-corrected chi connectivity index (χ3v) is 5.01. The lowest BCUT2D eigenvalue weighted by molar-refractivity contribution is 0.102.